The van der Waals surface area contributed by atoms with E-state index in [-0.39, 0.29) is 23.8 Å². The summed E-state index contributed by atoms with van der Waals surface area (Å²) >= 11 is 0. The van der Waals surface area contributed by atoms with E-state index in [1.807, 2.05) is 4.90 Å². The third-order valence-electron chi connectivity index (χ3n) is 4.73. The number of hydrogen-bond donors (Lipinski definition) is 1. The Morgan fingerprint density at radius 2 is 2.12 bits per heavy atom. The van der Waals surface area contributed by atoms with Gasteiger partial charge in [-0.2, -0.15) is 0 Å². The van der Waals surface area contributed by atoms with Crippen molar-refractivity contribution < 1.29 is 14.0 Å². The predicted molar refractivity (Wildman–Crippen MR) is 86.3 cm³/mol. The summed E-state index contributed by atoms with van der Waals surface area (Å²) in [5, 5.41) is 2.84. The van der Waals surface area contributed by atoms with Crippen molar-refractivity contribution in [2.24, 2.45) is 0 Å². The molecule has 4 rings (SSSR count). The lowest BCUT2D eigenvalue weighted by molar-refractivity contribution is -0.126. The number of amides is 3. The Bertz CT molecular complexity index is 769. The number of halogens is 1. The number of carbonyl (C=O) groups excluding carboxylic acids is 2. The van der Waals surface area contributed by atoms with Crippen molar-refractivity contribution in [3.8, 4) is 0 Å². The van der Waals surface area contributed by atoms with Crippen molar-refractivity contribution in [3.05, 3.63) is 59.6 Å². The summed E-state index contributed by atoms with van der Waals surface area (Å²) in [6.45, 7) is 4.46. The maximum absolute atomic E-state index is 13.6. The van der Waals surface area contributed by atoms with Crippen molar-refractivity contribution in [2.45, 2.75) is 24.9 Å². The molecule has 0 spiro atoms. The fourth-order valence-corrected chi connectivity index (χ4v) is 3.45. The number of urea groups is 1. The highest BCUT2D eigenvalue weighted by Crippen LogP contribution is 2.40. The fourth-order valence-electron chi connectivity index (χ4n) is 3.45. The number of hydrogen-bond acceptors (Lipinski definition) is 2. The molecule has 1 saturated carbocycles. The first kappa shape index (κ1) is 14.9. The first-order valence-electron chi connectivity index (χ1n) is 8.08. The maximum atomic E-state index is 13.6. The molecule has 24 heavy (non-hydrogen) atoms. The number of carbonyl (C=O) groups is 2. The van der Waals surface area contributed by atoms with Crippen LogP contribution < -0.4 is 5.32 Å². The van der Waals surface area contributed by atoms with E-state index in [4.69, 9.17) is 0 Å². The SMILES string of the molecule is C=CCN1C(=O)N[C@@H](c2cccc(F)c2)C2=C1CN(C1CC1)C2=O. The van der Waals surface area contributed by atoms with Crippen LogP contribution in [0.5, 0.6) is 0 Å². The smallest absolute Gasteiger partial charge is 0.322 e. The van der Waals surface area contributed by atoms with E-state index in [2.05, 4.69) is 11.9 Å². The van der Waals surface area contributed by atoms with Crippen LogP contribution in [0.3, 0.4) is 0 Å². The van der Waals surface area contributed by atoms with Crippen molar-refractivity contribution in [2.75, 3.05) is 13.1 Å². The molecule has 1 atom stereocenters. The molecule has 5 nitrogen and oxygen atoms in total. The molecule has 1 N–H and O–H groups in total. The van der Waals surface area contributed by atoms with E-state index in [9.17, 15) is 14.0 Å². The van der Waals surface area contributed by atoms with E-state index in [0.29, 0.717) is 29.9 Å². The molecular weight excluding hydrogens is 309 g/mol. The van der Waals surface area contributed by atoms with E-state index in [1.165, 1.54) is 12.1 Å². The lowest BCUT2D eigenvalue weighted by Crippen LogP contribution is -2.47. The molecule has 1 fully saturated rings. The van der Waals surface area contributed by atoms with Gasteiger partial charge < -0.3 is 10.2 Å². The molecule has 0 bridgehead atoms. The molecule has 0 saturated heterocycles. The van der Waals surface area contributed by atoms with Crippen LogP contribution in [0, 0.1) is 5.82 Å². The second-order valence-corrected chi connectivity index (χ2v) is 6.36. The summed E-state index contributed by atoms with van der Waals surface area (Å²) in [4.78, 5) is 28.8. The summed E-state index contributed by atoms with van der Waals surface area (Å²) in [7, 11) is 0. The topological polar surface area (TPSA) is 52.7 Å². The van der Waals surface area contributed by atoms with E-state index >= 15 is 0 Å². The van der Waals surface area contributed by atoms with Gasteiger partial charge in [0.1, 0.15) is 5.82 Å². The van der Waals surface area contributed by atoms with Gasteiger partial charge in [-0.3, -0.25) is 9.69 Å². The molecule has 0 aromatic heterocycles. The third kappa shape index (κ3) is 2.29. The average molecular weight is 327 g/mol. The number of nitrogens with zero attached hydrogens (tertiary/aromatic N) is 2. The van der Waals surface area contributed by atoms with Crippen LogP contribution in [0.25, 0.3) is 0 Å². The molecule has 1 aromatic carbocycles. The lowest BCUT2D eigenvalue weighted by Gasteiger charge is -2.33. The maximum Gasteiger partial charge on any atom is 0.322 e. The molecule has 0 radical (unpaired) electrons. The highest BCUT2D eigenvalue weighted by Gasteiger charge is 2.47. The Labute approximate surface area is 139 Å². The number of nitrogens with one attached hydrogen (secondary N) is 1. The lowest BCUT2D eigenvalue weighted by atomic mass is 9.95. The van der Waals surface area contributed by atoms with Gasteiger partial charge in [-0.05, 0) is 30.5 Å². The van der Waals surface area contributed by atoms with Crippen molar-refractivity contribution in [3.63, 3.8) is 0 Å². The molecule has 1 aromatic rings. The molecule has 0 unspecified atom stereocenters. The average Bonchev–Trinajstić information content (AvgIpc) is 3.34. The van der Waals surface area contributed by atoms with Gasteiger partial charge in [0, 0.05) is 12.6 Å². The van der Waals surface area contributed by atoms with Crippen LogP contribution in [0.1, 0.15) is 24.4 Å². The Kier molecular flexibility index (Phi) is 3.40. The molecule has 2 aliphatic heterocycles. The zero-order valence-electron chi connectivity index (χ0n) is 13.2. The Morgan fingerprint density at radius 3 is 2.79 bits per heavy atom. The molecule has 6 heteroatoms. The first-order valence-corrected chi connectivity index (χ1v) is 8.08. The highest BCUT2D eigenvalue weighted by atomic mass is 19.1. The van der Waals surface area contributed by atoms with Crippen molar-refractivity contribution in [1.29, 1.82) is 0 Å². The van der Waals surface area contributed by atoms with Crippen LogP contribution in [-0.4, -0.2) is 40.9 Å². The zero-order valence-corrected chi connectivity index (χ0v) is 13.2. The zero-order chi connectivity index (χ0) is 16.8. The molecular formula is C18H18FN3O2. The van der Waals surface area contributed by atoms with Crippen LogP contribution in [0.15, 0.2) is 48.2 Å². The molecule has 124 valence electrons. The minimum atomic E-state index is -0.611. The van der Waals surface area contributed by atoms with Gasteiger partial charge >= 0.3 is 6.03 Å². The Balaban J connectivity index is 1.78. The first-order chi connectivity index (χ1) is 11.6. The summed E-state index contributed by atoms with van der Waals surface area (Å²) < 4.78 is 13.6. The van der Waals surface area contributed by atoms with Crippen LogP contribution in [0.4, 0.5) is 9.18 Å². The van der Waals surface area contributed by atoms with Gasteiger partial charge in [0.2, 0.25) is 0 Å². The van der Waals surface area contributed by atoms with Gasteiger partial charge in [0.25, 0.3) is 5.91 Å². The predicted octanol–water partition coefficient (Wildman–Crippen LogP) is 2.34. The van der Waals surface area contributed by atoms with Crippen molar-refractivity contribution in [1.82, 2.24) is 15.1 Å². The monoisotopic (exact) mass is 327 g/mol. The van der Waals surface area contributed by atoms with Crippen LogP contribution in [-0.2, 0) is 4.79 Å². The van der Waals surface area contributed by atoms with E-state index < -0.39 is 6.04 Å². The van der Waals surface area contributed by atoms with Gasteiger partial charge in [0.15, 0.2) is 0 Å². The molecule has 2 heterocycles. The number of benzene rings is 1. The third-order valence-corrected chi connectivity index (χ3v) is 4.73. The van der Waals surface area contributed by atoms with E-state index in [1.54, 1.807) is 23.1 Å². The largest absolute Gasteiger partial charge is 0.330 e. The summed E-state index contributed by atoms with van der Waals surface area (Å²) in [5.74, 6) is -0.447. The second-order valence-electron chi connectivity index (χ2n) is 6.36. The van der Waals surface area contributed by atoms with Gasteiger partial charge in [-0.1, -0.05) is 18.2 Å². The second kappa shape index (κ2) is 5.47. The summed E-state index contributed by atoms with van der Waals surface area (Å²) in [6, 6.07) is 5.40. The summed E-state index contributed by atoms with van der Waals surface area (Å²) in [5.41, 5.74) is 1.85. The normalized spacial score (nSPS) is 23.5. The van der Waals surface area contributed by atoms with Gasteiger partial charge in [-0.15, -0.1) is 6.58 Å². The van der Waals surface area contributed by atoms with Crippen LogP contribution >= 0.6 is 0 Å². The van der Waals surface area contributed by atoms with Gasteiger partial charge in [0.05, 0.1) is 23.9 Å². The van der Waals surface area contributed by atoms with Crippen LogP contribution in [0.2, 0.25) is 0 Å². The highest BCUT2D eigenvalue weighted by molar-refractivity contribution is 6.01. The van der Waals surface area contributed by atoms with Crippen molar-refractivity contribution >= 4 is 11.9 Å². The molecule has 3 aliphatic rings. The minimum absolute atomic E-state index is 0.0594. The quantitative estimate of drug-likeness (QED) is 0.863. The number of rotatable bonds is 4. The van der Waals surface area contributed by atoms with Gasteiger partial charge in [-0.25, -0.2) is 9.18 Å². The summed E-state index contributed by atoms with van der Waals surface area (Å²) in [6.07, 6.45) is 3.64. The standard InChI is InChI=1S/C18H18FN3O2/c1-2-8-21-14-10-22(13-6-7-13)17(23)15(14)16(20-18(21)24)11-4-3-5-12(19)9-11/h2-5,9,13,16H,1,6-8,10H2,(H,20,24)/t16-/m0/s1. The minimum Gasteiger partial charge on any atom is -0.330 e. The van der Waals surface area contributed by atoms with E-state index in [0.717, 1.165) is 12.8 Å². The Hall–Kier alpha value is -2.63. The molecule has 3 amide bonds. The Morgan fingerprint density at radius 1 is 1.33 bits per heavy atom. The fraction of sp³-hybridized carbons (Fsp3) is 0.333. The molecule has 1 aliphatic carbocycles.